The van der Waals surface area contributed by atoms with E-state index in [2.05, 4.69) is 37.8 Å². The third-order valence-corrected chi connectivity index (χ3v) is 2.10. The molecule has 0 saturated heterocycles. The molecule has 0 aliphatic rings. The highest BCUT2D eigenvalue weighted by Crippen LogP contribution is 2.14. The molecule has 0 unspecified atom stereocenters. The lowest BCUT2D eigenvalue weighted by atomic mass is 10.0. The molecule has 0 aromatic heterocycles. The van der Waals surface area contributed by atoms with E-state index < -0.39 is 0 Å². The predicted molar refractivity (Wildman–Crippen MR) is 59.7 cm³/mol. The second-order valence-corrected chi connectivity index (χ2v) is 3.08. The molecule has 0 heteroatoms. The molecule has 0 fully saturated rings. The number of hydrogen-bond acceptors (Lipinski definition) is 0. The Hall–Kier alpha value is -1.30. The first kappa shape index (κ1) is 9.79. The maximum atomic E-state index is 3.98. The van der Waals surface area contributed by atoms with Crippen molar-refractivity contribution in [3.63, 3.8) is 0 Å². The molecule has 0 radical (unpaired) electrons. The third-order valence-electron chi connectivity index (χ3n) is 2.10. The molecule has 0 aliphatic heterocycles. The summed E-state index contributed by atoms with van der Waals surface area (Å²) in [4.78, 5) is 0. The zero-order valence-electron chi connectivity index (χ0n) is 8.38. The minimum Gasteiger partial charge on any atom is -0.0912 e. The van der Waals surface area contributed by atoms with Gasteiger partial charge in [0.05, 0.1) is 0 Å². The van der Waals surface area contributed by atoms with E-state index in [-0.39, 0.29) is 0 Å². The Morgan fingerprint density at radius 1 is 1.31 bits per heavy atom. The zero-order valence-corrected chi connectivity index (χ0v) is 8.38. The lowest BCUT2D eigenvalue weighted by molar-refractivity contribution is 1.14. The average molecular weight is 172 g/mol. The van der Waals surface area contributed by atoms with Gasteiger partial charge in [-0.25, -0.2) is 0 Å². The van der Waals surface area contributed by atoms with Crippen LogP contribution in [0.25, 0.3) is 5.57 Å². The van der Waals surface area contributed by atoms with Crippen molar-refractivity contribution in [1.29, 1.82) is 0 Å². The first-order chi connectivity index (χ1) is 6.27. The van der Waals surface area contributed by atoms with Gasteiger partial charge >= 0.3 is 0 Å². The summed E-state index contributed by atoms with van der Waals surface area (Å²) in [6.45, 7) is 8.15. The Kier molecular flexibility index (Phi) is 3.51. The summed E-state index contributed by atoms with van der Waals surface area (Å²) in [6, 6.07) is 8.57. The molecule has 0 saturated carbocycles. The molecule has 0 aliphatic carbocycles. The van der Waals surface area contributed by atoms with Gasteiger partial charge in [-0.3, -0.25) is 0 Å². The minimum atomic E-state index is 1.07. The molecule has 0 heterocycles. The maximum Gasteiger partial charge on any atom is -0.0190 e. The molecule has 68 valence electrons. The van der Waals surface area contributed by atoms with Crippen molar-refractivity contribution in [3.05, 3.63) is 54.1 Å². The third kappa shape index (κ3) is 2.59. The Labute approximate surface area is 80.6 Å². The van der Waals surface area contributed by atoms with Crippen molar-refractivity contribution in [2.24, 2.45) is 0 Å². The lowest BCUT2D eigenvalue weighted by Gasteiger charge is -2.01. The fourth-order valence-corrected chi connectivity index (χ4v) is 1.25. The minimum absolute atomic E-state index is 1.07. The fourth-order valence-electron chi connectivity index (χ4n) is 1.25. The van der Waals surface area contributed by atoms with Gasteiger partial charge in [-0.05, 0) is 30.0 Å². The van der Waals surface area contributed by atoms with Crippen LogP contribution in [0.4, 0.5) is 0 Å². The van der Waals surface area contributed by atoms with Gasteiger partial charge in [0, 0.05) is 0 Å². The molecule has 1 aromatic rings. The molecular formula is C13H16. The predicted octanol–water partition coefficient (Wildman–Crippen LogP) is 3.84. The van der Waals surface area contributed by atoms with Gasteiger partial charge in [0.1, 0.15) is 0 Å². The van der Waals surface area contributed by atoms with Crippen LogP contribution in [0.2, 0.25) is 0 Å². The summed E-state index contributed by atoms with van der Waals surface area (Å²) in [6.07, 6.45) is 5.13. The van der Waals surface area contributed by atoms with Gasteiger partial charge in [0.2, 0.25) is 0 Å². The van der Waals surface area contributed by atoms with Crippen LogP contribution >= 0.6 is 0 Å². The smallest absolute Gasteiger partial charge is 0.0190 e. The molecule has 0 atom stereocenters. The summed E-state index contributed by atoms with van der Waals surface area (Å²) >= 11 is 0. The maximum absolute atomic E-state index is 3.98. The highest BCUT2D eigenvalue weighted by atomic mass is 14.0. The van der Waals surface area contributed by atoms with Gasteiger partial charge in [-0.2, -0.15) is 0 Å². The Balaban J connectivity index is 2.85. The Morgan fingerprint density at radius 2 is 1.92 bits per heavy atom. The molecule has 13 heavy (non-hydrogen) atoms. The van der Waals surface area contributed by atoms with Crippen LogP contribution in [0.15, 0.2) is 43.0 Å². The Morgan fingerprint density at radius 3 is 2.38 bits per heavy atom. The van der Waals surface area contributed by atoms with Crippen LogP contribution in [0.1, 0.15) is 25.0 Å². The molecule has 0 spiro atoms. The quantitative estimate of drug-likeness (QED) is 0.608. The first-order valence-electron chi connectivity index (χ1n) is 4.68. The summed E-state index contributed by atoms with van der Waals surface area (Å²) in [5, 5.41) is 0. The SMILES string of the molecule is C=C(/C=C\C)c1ccc(CC)cc1. The van der Waals surface area contributed by atoms with Crippen molar-refractivity contribution >= 4 is 5.57 Å². The molecule has 1 rings (SSSR count). The van der Waals surface area contributed by atoms with Crippen molar-refractivity contribution in [1.82, 2.24) is 0 Å². The van der Waals surface area contributed by atoms with Crippen molar-refractivity contribution in [3.8, 4) is 0 Å². The number of hydrogen-bond donors (Lipinski definition) is 0. The van der Waals surface area contributed by atoms with E-state index in [4.69, 9.17) is 0 Å². The van der Waals surface area contributed by atoms with E-state index in [1.54, 1.807) is 0 Å². The fraction of sp³-hybridized carbons (Fsp3) is 0.231. The van der Waals surface area contributed by atoms with E-state index in [1.807, 2.05) is 19.1 Å². The standard InChI is InChI=1S/C13H16/c1-4-6-11(3)13-9-7-12(5-2)8-10-13/h4,6-10H,3,5H2,1-2H3/b6-4-. The van der Waals surface area contributed by atoms with E-state index in [9.17, 15) is 0 Å². The van der Waals surface area contributed by atoms with E-state index in [0.29, 0.717) is 0 Å². The topological polar surface area (TPSA) is 0 Å². The monoisotopic (exact) mass is 172 g/mol. The van der Waals surface area contributed by atoms with E-state index in [1.165, 1.54) is 11.1 Å². The summed E-state index contributed by atoms with van der Waals surface area (Å²) in [5.74, 6) is 0. The number of rotatable bonds is 3. The van der Waals surface area contributed by atoms with Crippen LogP contribution in [0.3, 0.4) is 0 Å². The van der Waals surface area contributed by atoms with Crippen LogP contribution in [0.5, 0.6) is 0 Å². The number of allylic oxidation sites excluding steroid dienone is 3. The first-order valence-corrected chi connectivity index (χ1v) is 4.68. The summed E-state index contributed by atoms with van der Waals surface area (Å²) < 4.78 is 0. The normalized spacial score (nSPS) is 10.6. The van der Waals surface area contributed by atoms with Crippen LogP contribution in [0, 0.1) is 0 Å². The molecule has 0 amide bonds. The average Bonchev–Trinajstić information content (AvgIpc) is 2.18. The zero-order chi connectivity index (χ0) is 9.68. The highest BCUT2D eigenvalue weighted by molar-refractivity contribution is 5.71. The van der Waals surface area contributed by atoms with Crippen molar-refractivity contribution < 1.29 is 0 Å². The van der Waals surface area contributed by atoms with E-state index in [0.717, 1.165) is 12.0 Å². The van der Waals surface area contributed by atoms with Crippen LogP contribution < -0.4 is 0 Å². The van der Waals surface area contributed by atoms with Gasteiger partial charge in [-0.15, -0.1) is 0 Å². The molecular weight excluding hydrogens is 156 g/mol. The Bertz CT molecular complexity index is 301. The van der Waals surface area contributed by atoms with Gasteiger partial charge in [-0.1, -0.05) is 49.9 Å². The molecule has 0 N–H and O–H groups in total. The van der Waals surface area contributed by atoms with Crippen molar-refractivity contribution in [2.75, 3.05) is 0 Å². The summed E-state index contributed by atoms with van der Waals surface area (Å²) in [5.41, 5.74) is 3.65. The van der Waals surface area contributed by atoms with Crippen LogP contribution in [-0.4, -0.2) is 0 Å². The summed E-state index contributed by atoms with van der Waals surface area (Å²) in [7, 11) is 0. The lowest BCUT2D eigenvalue weighted by Crippen LogP contribution is -1.82. The van der Waals surface area contributed by atoms with Gasteiger partial charge < -0.3 is 0 Å². The number of benzene rings is 1. The van der Waals surface area contributed by atoms with Gasteiger partial charge in [0.25, 0.3) is 0 Å². The van der Waals surface area contributed by atoms with Crippen LogP contribution in [-0.2, 0) is 6.42 Å². The van der Waals surface area contributed by atoms with E-state index >= 15 is 0 Å². The largest absolute Gasteiger partial charge is 0.0912 e. The number of aryl methyl sites for hydroxylation is 1. The highest BCUT2D eigenvalue weighted by Gasteiger charge is 1.94. The second-order valence-electron chi connectivity index (χ2n) is 3.08. The van der Waals surface area contributed by atoms with Gasteiger partial charge in [0.15, 0.2) is 0 Å². The molecule has 1 aromatic carbocycles. The molecule has 0 nitrogen and oxygen atoms in total. The molecule has 0 bridgehead atoms. The second kappa shape index (κ2) is 4.66. The van der Waals surface area contributed by atoms with Crippen molar-refractivity contribution in [2.45, 2.75) is 20.3 Å².